The van der Waals surface area contributed by atoms with Gasteiger partial charge in [-0.1, -0.05) is 54.1 Å². The van der Waals surface area contributed by atoms with Gasteiger partial charge in [-0.05, 0) is 56.0 Å². The number of benzene rings is 2. The number of urea groups is 1. The van der Waals surface area contributed by atoms with E-state index in [9.17, 15) is 9.59 Å². The van der Waals surface area contributed by atoms with Gasteiger partial charge in [0.15, 0.2) is 5.96 Å². The van der Waals surface area contributed by atoms with Crippen LogP contribution in [0, 0.1) is 12.3 Å². The van der Waals surface area contributed by atoms with Crippen molar-refractivity contribution in [1.29, 1.82) is 5.41 Å². The Morgan fingerprint density at radius 1 is 1.05 bits per heavy atom. The molecular formula is C28H39N9O2. The summed E-state index contributed by atoms with van der Waals surface area (Å²) in [5, 5.41) is 15.4. The predicted octanol–water partition coefficient (Wildman–Crippen LogP) is 2.13. The maximum absolute atomic E-state index is 12.7. The highest BCUT2D eigenvalue weighted by molar-refractivity contribution is 5.87. The molecule has 2 aromatic carbocycles. The molecule has 0 saturated heterocycles. The zero-order chi connectivity index (χ0) is 28.0. The van der Waals surface area contributed by atoms with Crippen LogP contribution in [0.4, 0.5) is 10.7 Å². The number of H-pyrrole nitrogens is 1. The zero-order valence-electron chi connectivity index (χ0n) is 22.4. The molecule has 3 aromatic rings. The van der Waals surface area contributed by atoms with Crippen molar-refractivity contribution < 1.29 is 4.79 Å². The maximum atomic E-state index is 12.7. The van der Waals surface area contributed by atoms with E-state index in [1.807, 2.05) is 49.4 Å². The van der Waals surface area contributed by atoms with Gasteiger partial charge < -0.3 is 27.1 Å². The Morgan fingerprint density at radius 2 is 1.82 bits per heavy atom. The van der Waals surface area contributed by atoms with Crippen LogP contribution >= 0.6 is 0 Å². The molecular weight excluding hydrogens is 494 g/mol. The summed E-state index contributed by atoms with van der Waals surface area (Å²) >= 11 is 0. The normalized spacial score (nSPS) is 10.8. The lowest BCUT2D eigenvalue weighted by Gasteiger charge is -2.22. The van der Waals surface area contributed by atoms with Gasteiger partial charge in [-0.3, -0.25) is 20.4 Å². The molecule has 0 atom stereocenters. The number of aromatic amines is 1. The summed E-state index contributed by atoms with van der Waals surface area (Å²) in [6.07, 6.45) is 4.01. The van der Waals surface area contributed by atoms with Crippen LogP contribution in [0.5, 0.6) is 0 Å². The van der Waals surface area contributed by atoms with Crippen molar-refractivity contribution in [2.45, 2.75) is 32.7 Å². The Labute approximate surface area is 228 Å². The van der Waals surface area contributed by atoms with Gasteiger partial charge in [0.05, 0.1) is 5.56 Å². The summed E-state index contributed by atoms with van der Waals surface area (Å²) < 4.78 is 0. The van der Waals surface area contributed by atoms with Gasteiger partial charge in [0.2, 0.25) is 5.95 Å². The quantitative estimate of drug-likeness (QED) is 0.0942. The maximum Gasteiger partial charge on any atom is 0.321 e. The predicted molar refractivity (Wildman–Crippen MR) is 156 cm³/mol. The smallest absolute Gasteiger partial charge is 0.321 e. The number of anilines is 1. The largest absolute Gasteiger partial charge is 0.370 e. The lowest BCUT2D eigenvalue weighted by atomic mass is 10.1. The monoisotopic (exact) mass is 533 g/mol. The molecule has 0 spiro atoms. The highest BCUT2D eigenvalue weighted by Crippen LogP contribution is 2.17. The molecule has 11 heteroatoms. The van der Waals surface area contributed by atoms with Gasteiger partial charge in [0, 0.05) is 32.4 Å². The molecule has 0 fully saturated rings. The van der Waals surface area contributed by atoms with E-state index in [4.69, 9.17) is 16.9 Å². The number of nitrogens with two attached hydrogens (primary N) is 2. The molecule has 9 N–H and O–H groups in total. The second-order valence-electron chi connectivity index (χ2n) is 9.40. The van der Waals surface area contributed by atoms with Crippen LogP contribution in [-0.4, -0.2) is 59.6 Å². The number of nitrogens with zero attached hydrogens (tertiary/aromatic N) is 2. The van der Waals surface area contributed by atoms with Crippen molar-refractivity contribution in [2.24, 2.45) is 11.5 Å². The van der Waals surface area contributed by atoms with Crippen LogP contribution in [0.3, 0.4) is 0 Å². The molecule has 11 nitrogen and oxygen atoms in total. The highest BCUT2D eigenvalue weighted by Gasteiger charge is 2.10. The van der Waals surface area contributed by atoms with Gasteiger partial charge in [-0.2, -0.15) is 4.98 Å². The van der Waals surface area contributed by atoms with Crippen molar-refractivity contribution in [1.82, 2.24) is 25.5 Å². The molecule has 0 unspecified atom stereocenters. The van der Waals surface area contributed by atoms with Crippen LogP contribution in [0.25, 0.3) is 11.1 Å². The summed E-state index contributed by atoms with van der Waals surface area (Å²) in [5.74, 6) is 0.0628. The Morgan fingerprint density at radius 3 is 2.51 bits per heavy atom. The number of rotatable bonds is 14. The summed E-state index contributed by atoms with van der Waals surface area (Å²) in [7, 11) is 0. The Balaban J connectivity index is 1.53. The van der Waals surface area contributed by atoms with Gasteiger partial charge in [0.25, 0.3) is 5.56 Å². The first kappa shape index (κ1) is 29.3. The number of guanidine groups is 1. The molecule has 0 radical (unpaired) electrons. The molecule has 0 aliphatic heterocycles. The van der Waals surface area contributed by atoms with Gasteiger partial charge >= 0.3 is 6.03 Å². The molecule has 0 bridgehead atoms. The van der Waals surface area contributed by atoms with Crippen LogP contribution in [0.1, 0.15) is 29.5 Å². The first-order valence-electron chi connectivity index (χ1n) is 13.1. The number of aryl methyl sites for hydroxylation is 1. The summed E-state index contributed by atoms with van der Waals surface area (Å²) in [6, 6.07) is 15.5. The summed E-state index contributed by atoms with van der Waals surface area (Å²) in [5.41, 5.74) is 15.2. The SMILES string of the molecule is Cc1cccc(CCNC(=O)Nc2nc(=O)c(-c3ccc(CN(CCCN)CCCNC(=N)N)cc3)c[nH]2)c1. The van der Waals surface area contributed by atoms with E-state index in [2.05, 4.69) is 36.9 Å². The van der Waals surface area contributed by atoms with Crippen molar-refractivity contribution in [3.63, 3.8) is 0 Å². The second-order valence-corrected chi connectivity index (χ2v) is 9.40. The van der Waals surface area contributed by atoms with Crippen molar-refractivity contribution >= 4 is 17.9 Å². The van der Waals surface area contributed by atoms with E-state index >= 15 is 0 Å². The van der Waals surface area contributed by atoms with Crippen LogP contribution in [0.15, 0.2) is 59.5 Å². The van der Waals surface area contributed by atoms with Crippen molar-refractivity contribution in [3.8, 4) is 11.1 Å². The minimum Gasteiger partial charge on any atom is -0.370 e. The fourth-order valence-electron chi connectivity index (χ4n) is 4.17. The molecule has 0 aliphatic rings. The number of hydrogen-bond acceptors (Lipinski definition) is 6. The Bertz CT molecular complexity index is 1270. The second kappa shape index (κ2) is 15.3. The number of aromatic nitrogens is 2. The molecule has 39 heavy (non-hydrogen) atoms. The number of carbonyl (C=O) groups is 1. The Kier molecular flexibility index (Phi) is 11.5. The van der Waals surface area contributed by atoms with E-state index in [1.54, 1.807) is 6.20 Å². The third-order valence-corrected chi connectivity index (χ3v) is 6.13. The first-order valence-corrected chi connectivity index (χ1v) is 13.1. The number of carbonyl (C=O) groups excluding carboxylic acids is 1. The zero-order valence-corrected chi connectivity index (χ0v) is 22.4. The van der Waals surface area contributed by atoms with E-state index in [0.29, 0.717) is 31.6 Å². The lowest BCUT2D eigenvalue weighted by Crippen LogP contribution is -2.34. The molecule has 1 heterocycles. The average molecular weight is 534 g/mol. The topological polar surface area (TPSA) is 178 Å². The number of hydrogen-bond donors (Lipinski definition) is 7. The number of nitrogens with one attached hydrogen (secondary N) is 5. The van der Waals surface area contributed by atoms with Crippen LogP contribution < -0.4 is 33.0 Å². The van der Waals surface area contributed by atoms with Crippen LogP contribution in [-0.2, 0) is 13.0 Å². The van der Waals surface area contributed by atoms with E-state index in [-0.39, 0.29) is 11.9 Å². The average Bonchev–Trinajstić information content (AvgIpc) is 2.90. The van der Waals surface area contributed by atoms with Crippen LogP contribution in [0.2, 0.25) is 0 Å². The van der Waals surface area contributed by atoms with E-state index in [0.717, 1.165) is 49.2 Å². The molecule has 3 rings (SSSR count). The first-order chi connectivity index (χ1) is 18.8. The molecule has 2 amide bonds. The summed E-state index contributed by atoms with van der Waals surface area (Å²) in [4.78, 5) is 34.1. The highest BCUT2D eigenvalue weighted by atomic mass is 16.2. The van der Waals surface area contributed by atoms with Gasteiger partial charge in [0.1, 0.15) is 0 Å². The lowest BCUT2D eigenvalue weighted by molar-refractivity contribution is 0.252. The minimum atomic E-state index is -0.431. The van der Waals surface area contributed by atoms with E-state index in [1.165, 1.54) is 5.56 Å². The molecule has 0 aliphatic carbocycles. The Hall–Kier alpha value is -4.22. The third kappa shape index (κ3) is 10.2. The van der Waals surface area contributed by atoms with Crippen molar-refractivity contribution in [2.75, 3.05) is 38.0 Å². The van der Waals surface area contributed by atoms with E-state index < -0.39 is 11.6 Å². The van der Waals surface area contributed by atoms with Gasteiger partial charge in [-0.25, -0.2) is 4.79 Å². The minimum absolute atomic E-state index is 0.0236. The number of amides is 2. The standard InChI is InChI=1S/C28H39N9O2/c1-20-5-2-6-21(17-20)11-14-33-28(39)36-27-34-18-24(25(38)35-27)23-9-7-22(8-10-23)19-37(15-3-12-29)16-4-13-32-26(30)31/h2,5-10,17-18H,3-4,11-16,19,29H2,1H3,(H4,30,31,32)(H3,33,34,35,36,38,39). The third-order valence-electron chi connectivity index (χ3n) is 6.13. The molecule has 0 saturated carbocycles. The molecule has 1 aromatic heterocycles. The fraction of sp³-hybridized carbons (Fsp3) is 0.357. The fourth-order valence-corrected chi connectivity index (χ4v) is 4.17. The molecule has 208 valence electrons. The summed E-state index contributed by atoms with van der Waals surface area (Å²) in [6.45, 7) is 6.22. The van der Waals surface area contributed by atoms with Gasteiger partial charge in [-0.15, -0.1) is 0 Å². The van der Waals surface area contributed by atoms with Crippen molar-refractivity contribution in [3.05, 3.63) is 81.8 Å².